The first-order chi connectivity index (χ1) is 14.2. The summed E-state index contributed by atoms with van der Waals surface area (Å²) in [7, 11) is -2.63. The Balaban J connectivity index is 1.94. The molecule has 0 bridgehead atoms. The number of methoxy groups -OCH3 is 1. The van der Waals surface area contributed by atoms with Crippen LogP contribution in [0.2, 0.25) is 5.02 Å². The number of sulfonamides is 1. The zero-order chi connectivity index (χ0) is 21.9. The van der Waals surface area contributed by atoms with Gasteiger partial charge in [-0.05, 0) is 55.0 Å². The molecule has 0 saturated carbocycles. The highest BCUT2D eigenvalue weighted by atomic mass is 35.5. The van der Waals surface area contributed by atoms with Crippen molar-refractivity contribution in [1.29, 1.82) is 0 Å². The van der Waals surface area contributed by atoms with Gasteiger partial charge in [0.1, 0.15) is 11.6 Å². The lowest BCUT2D eigenvalue weighted by molar-refractivity contribution is 0.102. The molecule has 0 unspecified atom stereocenters. The molecule has 0 saturated heterocycles. The third kappa shape index (κ3) is 4.55. The molecule has 1 amide bonds. The lowest BCUT2D eigenvalue weighted by atomic mass is 10.2. The Hall–Kier alpha value is -3.10. The Bertz CT molecular complexity index is 1220. The van der Waals surface area contributed by atoms with Crippen molar-refractivity contribution in [3.63, 3.8) is 0 Å². The van der Waals surface area contributed by atoms with E-state index in [0.29, 0.717) is 16.3 Å². The smallest absolute Gasteiger partial charge is 0.261 e. The Morgan fingerprint density at radius 3 is 2.47 bits per heavy atom. The largest absolute Gasteiger partial charge is 0.495 e. The zero-order valence-corrected chi connectivity index (χ0v) is 17.6. The number of halogens is 2. The standard InChI is InChI=1S/C21H18ClFN2O4S/c1-13-16(22)7-5-9-18(13)25-30(27,28)14-10-11-20(29-2)19(12-14)24-21(26)15-6-3-4-8-17(15)23/h3-12,25H,1-2H3,(H,24,26). The van der Waals surface area contributed by atoms with E-state index in [-0.39, 0.29) is 21.9 Å². The van der Waals surface area contributed by atoms with Crippen molar-refractivity contribution < 1.29 is 22.3 Å². The Morgan fingerprint density at radius 2 is 1.77 bits per heavy atom. The first-order valence-corrected chi connectivity index (χ1v) is 10.6. The Labute approximate surface area is 178 Å². The van der Waals surface area contributed by atoms with Crippen LogP contribution in [0.25, 0.3) is 0 Å². The fourth-order valence-electron chi connectivity index (χ4n) is 2.71. The molecule has 0 spiro atoms. The Morgan fingerprint density at radius 1 is 1.03 bits per heavy atom. The van der Waals surface area contributed by atoms with Crippen molar-refractivity contribution in [2.24, 2.45) is 0 Å². The van der Waals surface area contributed by atoms with E-state index in [4.69, 9.17) is 16.3 Å². The van der Waals surface area contributed by atoms with Gasteiger partial charge in [0.2, 0.25) is 0 Å². The second kappa shape index (κ2) is 8.73. The number of nitrogens with one attached hydrogen (secondary N) is 2. The van der Waals surface area contributed by atoms with Crippen LogP contribution in [0.5, 0.6) is 5.75 Å². The minimum absolute atomic E-state index is 0.0800. The van der Waals surface area contributed by atoms with Gasteiger partial charge in [-0.15, -0.1) is 0 Å². The molecule has 156 valence electrons. The van der Waals surface area contributed by atoms with E-state index in [1.807, 2.05) is 0 Å². The molecule has 0 fully saturated rings. The highest BCUT2D eigenvalue weighted by Gasteiger charge is 2.20. The normalized spacial score (nSPS) is 11.1. The van der Waals surface area contributed by atoms with Crippen molar-refractivity contribution in [3.8, 4) is 5.75 Å². The molecular weight excluding hydrogens is 431 g/mol. The summed E-state index contributed by atoms with van der Waals surface area (Å²) in [5.74, 6) is -1.21. The summed E-state index contributed by atoms with van der Waals surface area (Å²) in [5, 5.41) is 2.92. The first-order valence-electron chi connectivity index (χ1n) is 8.75. The van der Waals surface area contributed by atoms with Gasteiger partial charge in [0, 0.05) is 5.02 Å². The van der Waals surface area contributed by atoms with Crippen molar-refractivity contribution in [1.82, 2.24) is 0 Å². The van der Waals surface area contributed by atoms with Gasteiger partial charge in [0.05, 0.1) is 28.9 Å². The van der Waals surface area contributed by atoms with Crippen LogP contribution in [0.15, 0.2) is 65.6 Å². The number of hydrogen-bond acceptors (Lipinski definition) is 4. The van der Waals surface area contributed by atoms with Crippen molar-refractivity contribution in [2.75, 3.05) is 17.1 Å². The van der Waals surface area contributed by atoms with Crippen molar-refractivity contribution >= 4 is 38.9 Å². The molecule has 0 atom stereocenters. The molecule has 9 heteroatoms. The summed E-state index contributed by atoms with van der Waals surface area (Å²) in [6.07, 6.45) is 0. The van der Waals surface area contributed by atoms with Gasteiger partial charge in [0.25, 0.3) is 15.9 Å². The molecular formula is C21H18ClFN2O4S. The number of hydrogen-bond donors (Lipinski definition) is 2. The minimum atomic E-state index is -4.00. The fraction of sp³-hybridized carbons (Fsp3) is 0.0952. The predicted octanol–water partition coefficient (Wildman–Crippen LogP) is 4.85. The van der Waals surface area contributed by atoms with Crippen LogP contribution in [0, 0.1) is 12.7 Å². The summed E-state index contributed by atoms with van der Waals surface area (Å²) in [6, 6.07) is 14.3. The number of carbonyl (C=O) groups is 1. The molecule has 3 rings (SSSR count). The molecule has 0 aliphatic rings. The van der Waals surface area contributed by atoms with Crippen LogP contribution in [0.1, 0.15) is 15.9 Å². The molecule has 6 nitrogen and oxygen atoms in total. The summed E-state index contributed by atoms with van der Waals surface area (Å²) < 4.78 is 47.3. The third-order valence-electron chi connectivity index (χ3n) is 4.36. The second-order valence-electron chi connectivity index (χ2n) is 6.31. The van der Waals surface area contributed by atoms with Crippen molar-refractivity contribution in [2.45, 2.75) is 11.8 Å². The quantitative estimate of drug-likeness (QED) is 0.564. The van der Waals surface area contributed by atoms with Crippen LogP contribution in [0.3, 0.4) is 0 Å². The van der Waals surface area contributed by atoms with E-state index in [1.165, 1.54) is 43.5 Å². The van der Waals surface area contributed by atoms with Gasteiger partial charge in [0.15, 0.2) is 0 Å². The molecule has 0 aromatic heterocycles. The highest BCUT2D eigenvalue weighted by Crippen LogP contribution is 2.30. The minimum Gasteiger partial charge on any atom is -0.495 e. The van der Waals surface area contributed by atoms with Gasteiger partial charge < -0.3 is 10.1 Å². The topological polar surface area (TPSA) is 84.5 Å². The molecule has 3 aromatic carbocycles. The van der Waals surface area contributed by atoms with Crippen LogP contribution < -0.4 is 14.8 Å². The maximum absolute atomic E-state index is 13.9. The van der Waals surface area contributed by atoms with Crippen LogP contribution in [-0.2, 0) is 10.0 Å². The van der Waals surface area contributed by atoms with Gasteiger partial charge in [-0.25, -0.2) is 12.8 Å². The second-order valence-corrected chi connectivity index (χ2v) is 8.40. The third-order valence-corrected chi connectivity index (χ3v) is 6.13. The number of carbonyl (C=O) groups excluding carboxylic acids is 1. The monoisotopic (exact) mass is 448 g/mol. The van der Waals surface area contributed by atoms with Crippen molar-refractivity contribution in [3.05, 3.63) is 82.6 Å². The van der Waals surface area contributed by atoms with Gasteiger partial charge in [-0.2, -0.15) is 0 Å². The SMILES string of the molecule is COc1ccc(S(=O)(=O)Nc2cccc(Cl)c2C)cc1NC(=O)c1ccccc1F. The number of benzene rings is 3. The summed E-state index contributed by atoms with van der Waals surface area (Å²) in [6.45, 7) is 1.69. The summed E-state index contributed by atoms with van der Waals surface area (Å²) in [4.78, 5) is 12.3. The van der Waals surface area contributed by atoms with Gasteiger partial charge in [-0.1, -0.05) is 29.8 Å². The van der Waals surface area contributed by atoms with E-state index >= 15 is 0 Å². The fourth-order valence-corrected chi connectivity index (χ4v) is 4.03. The molecule has 0 heterocycles. The molecule has 30 heavy (non-hydrogen) atoms. The number of amides is 1. The van der Waals surface area contributed by atoms with E-state index in [1.54, 1.807) is 25.1 Å². The molecule has 0 radical (unpaired) electrons. The maximum atomic E-state index is 13.9. The van der Waals surface area contributed by atoms with E-state index in [9.17, 15) is 17.6 Å². The Kier molecular flexibility index (Phi) is 6.28. The van der Waals surface area contributed by atoms with E-state index in [2.05, 4.69) is 10.0 Å². The predicted molar refractivity (Wildman–Crippen MR) is 114 cm³/mol. The number of anilines is 2. The average molecular weight is 449 g/mol. The van der Waals surface area contributed by atoms with Gasteiger partial charge >= 0.3 is 0 Å². The van der Waals surface area contributed by atoms with E-state index in [0.717, 1.165) is 6.07 Å². The van der Waals surface area contributed by atoms with E-state index < -0.39 is 21.7 Å². The van der Waals surface area contributed by atoms with Crippen LogP contribution >= 0.6 is 11.6 Å². The average Bonchev–Trinajstić information content (AvgIpc) is 2.71. The number of rotatable bonds is 6. The first kappa shape index (κ1) is 21.6. The molecule has 0 aliphatic heterocycles. The molecule has 3 aromatic rings. The zero-order valence-electron chi connectivity index (χ0n) is 16.1. The summed E-state index contributed by atoms with van der Waals surface area (Å²) >= 11 is 6.05. The maximum Gasteiger partial charge on any atom is 0.261 e. The molecule has 2 N–H and O–H groups in total. The van der Waals surface area contributed by atoms with Gasteiger partial charge in [-0.3, -0.25) is 9.52 Å². The highest BCUT2D eigenvalue weighted by molar-refractivity contribution is 7.92. The van der Waals surface area contributed by atoms with Crippen LogP contribution in [-0.4, -0.2) is 21.4 Å². The molecule has 0 aliphatic carbocycles. The van der Waals surface area contributed by atoms with Crippen LogP contribution in [0.4, 0.5) is 15.8 Å². The lowest BCUT2D eigenvalue weighted by Gasteiger charge is -2.15. The lowest BCUT2D eigenvalue weighted by Crippen LogP contribution is -2.17. The summed E-state index contributed by atoms with van der Waals surface area (Å²) in [5.41, 5.74) is 0.802. The number of ether oxygens (including phenoxy) is 1.